The molecule has 0 amide bonds. The van der Waals surface area contributed by atoms with E-state index in [0.29, 0.717) is 0 Å². The molecule has 3 rings (SSSR count). The van der Waals surface area contributed by atoms with E-state index < -0.39 is 0 Å². The van der Waals surface area contributed by atoms with Crippen LogP contribution in [0.25, 0.3) is 0 Å². The van der Waals surface area contributed by atoms with Crippen molar-refractivity contribution in [3.63, 3.8) is 0 Å². The van der Waals surface area contributed by atoms with Crippen LogP contribution in [0.4, 0.5) is 10.1 Å². The minimum Gasteiger partial charge on any atom is -0.377 e. The van der Waals surface area contributed by atoms with E-state index in [2.05, 4.69) is 43.4 Å². The zero-order valence-electron chi connectivity index (χ0n) is 12.9. The Hall–Kier alpha value is -1.83. The lowest BCUT2D eigenvalue weighted by atomic mass is 9.70. The van der Waals surface area contributed by atoms with Crippen molar-refractivity contribution in [2.24, 2.45) is 5.41 Å². The second-order valence-corrected chi connectivity index (χ2v) is 6.72. The molecule has 1 nitrogen and oxygen atoms in total. The van der Waals surface area contributed by atoms with Crippen molar-refractivity contribution < 1.29 is 4.39 Å². The molecule has 21 heavy (non-hydrogen) atoms. The third-order valence-electron chi connectivity index (χ3n) is 4.69. The first-order chi connectivity index (χ1) is 9.97. The lowest BCUT2D eigenvalue weighted by molar-refractivity contribution is 0.265. The van der Waals surface area contributed by atoms with Crippen molar-refractivity contribution in [2.75, 3.05) is 5.32 Å². The quantitative estimate of drug-likeness (QED) is 0.792. The van der Waals surface area contributed by atoms with Crippen molar-refractivity contribution >= 4 is 5.69 Å². The van der Waals surface area contributed by atoms with Gasteiger partial charge in [-0.25, -0.2) is 4.39 Å². The Labute approximate surface area is 126 Å². The van der Waals surface area contributed by atoms with Crippen LogP contribution in [0.5, 0.6) is 0 Å². The number of benzene rings is 2. The SMILES string of the molecule is Cc1ccc(F)cc1NC1c2ccccc2CCC1(C)C. The topological polar surface area (TPSA) is 12.0 Å². The maximum absolute atomic E-state index is 13.5. The molecule has 1 aliphatic carbocycles. The molecule has 2 heteroatoms. The van der Waals surface area contributed by atoms with Crippen LogP contribution in [0.3, 0.4) is 0 Å². The standard InChI is InChI=1S/C19H22FN/c1-13-8-9-15(20)12-17(13)21-18-16-7-5-4-6-14(16)10-11-19(18,2)3/h4-9,12,18,21H,10-11H2,1-3H3. The second-order valence-electron chi connectivity index (χ2n) is 6.72. The predicted molar refractivity (Wildman–Crippen MR) is 86.0 cm³/mol. The molecule has 2 aromatic carbocycles. The van der Waals surface area contributed by atoms with Crippen molar-refractivity contribution in [1.29, 1.82) is 0 Å². The van der Waals surface area contributed by atoms with Crippen LogP contribution in [-0.2, 0) is 6.42 Å². The monoisotopic (exact) mass is 283 g/mol. The Kier molecular flexibility index (Phi) is 3.48. The molecule has 2 aromatic rings. The van der Waals surface area contributed by atoms with Crippen molar-refractivity contribution in [3.05, 3.63) is 65.0 Å². The average molecular weight is 283 g/mol. The lowest BCUT2D eigenvalue weighted by Gasteiger charge is -2.41. The number of nitrogens with one attached hydrogen (secondary N) is 1. The summed E-state index contributed by atoms with van der Waals surface area (Å²) in [5.74, 6) is -0.190. The van der Waals surface area contributed by atoms with E-state index in [4.69, 9.17) is 0 Å². The summed E-state index contributed by atoms with van der Waals surface area (Å²) in [7, 11) is 0. The molecule has 0 saturated heterocycles. The van der Waals surface area contributed by atoms with Gasteiger partial charge in [-0.1, -0.05) is 44.2 Å². The number of hydrogen-bond donors (Lipinski definition) is 1. The van der Waals surface area contributed by atoms with Crippen molar-refractivity contribution in [3.8, 4) is 0 Å². The van der Waals surface area contributed by atoms with Gasteiger partial charge in [0.05, 0.1) is 6.04 Å². The van der Waals surface area contributed by atoms with E-state index in [-0.39, 0.29) is 17.3 Å². The third-order valence-corrected chi connectivity index (χ3v) is 4.69. The van der Waals surface area contributed by atoms with Crippen LogP contribution in [0.1, 0.15) is 43.0 Å². The highest BCUT2D eigenvalue weighted by molar-refractivity contribution is 5.54. The molecule has 0 bridgehead atoms. The Morgan fingerprint density at radius 3 is 2.71 bits per heavy atom. The van der Waals surface area contributed by atoms with Crippen LogP contribution >= 0.6 is 0 Å². The van der Waals surface area contributed by atoms with Crippen LogP contribution in [0.15, 0.2) is 42.5 Å². The van der Waals surface area contributed by atoms with Crippen LogP contribution in [0.2, 0.25) is 0 Å². The van der Waals surface area contributed by atoms with Gasteiger partial charge < -0.3 is 5.32 Å². The Morgan fingerprint density at radius 1 is 1.14 bits per heavy atom. The first kappa shape index (κ1) is 14.1. The van der Waals surface area contributed by atoms with Crippen LogP contribution < -0.4 is 5.32 Å². The summed E-state index contributed by atoms with van der Waals surface area (Å²) in [6.07, 6.45) is 2.25. The Bertz CT molecular complexity index is 660. The number of fused-ring (bicyclic) bond motifs is 1. The maximum Gasteiger partial charge on any atom is 0.125 e. The zero-order valence-corrected chi connectivity index (χ0v) is 12.9. The van der Waals surface area contributed by atoms with E-state index in [1.165, 1.54) is 17.2 Å². The smallest absolute Gasteiger partial charge is 0.125 e. The normalized spacial score (nSPS) is 19.9. The third kappa shape index (κ3) is 2.67. The molecule has 1 atom stereocenters. The number of anilines is 1. The van der Waals surface area contributed by atoms with Gasteiger partial charge in [-0.2, -0.15) is 0 Å². The van der Waals surface area contributed by atoms with Crippen LogP contribution in [-0.4, -0.2) is 0 Å². The summed E-state index contributed by atoms with van der Waals surface area (Å²) in [5.41, 5.74) is 4.87. The fourth-order valence-corrected chi connectivity index (χ4v) is 3.24. The molecule has 0 aromatic heterocycles. The molecule has 0 spiro atoms. The van der Waals surface area contributed by atoms with Gasteiger partial charge in [-0.05, 0) is 54.0 Å². The second kappa shape index (κ2) is 5.18. The van der Waals surface area contributed by atoms with Crippen LogP contribution in [0, 0.1) is 18.2 Å². The molecule has 1 N–H and O–H groups in total. The Balaban J connectivity index is 2.01. The first-order valence-electron chi connectivity index (χ1n) is 7.58. The van der Waals surface area contributed by atoms with Gasteiger partial charge in [0, 0.05) is 5.69 Å². The van der Waals surface area contributed by atoms with Gasteiger partial charge in [0.1, 0.15) is 5.82 Å². The molecule has 0 saturated carbocycles. The summed E-state index contributed by atoms with van der Waals surface area (Å²) >= 11 is 0. The molecular formula is C19H22FN. The number of hydrogen-bond acceptors (Lipinski definition) is 1. The van der Waals surface area contributed by atoms with Gasteiger partial charge in [-0.15, -0.1) is 0 Å². The highest BCUT2D eigenvalue weighted by Gasteiger charge is 2.35. The number of rotatable bonds is 2. The fraction of sp³-hybridized carbons (Fsp3) is 0.368. The molecule has 1 aliphatic rings. The van der Waals surface area contributed by atoms with E-state index in [1.54, 1.807) is 6.07 Å². The summed E-state index contributed by atoms with van der Waals surface area (Å²) in [5, 5.41) is 3.60. The number of aryl methyl sites for hydroxylation is 2. The summed E-state index contributed by atoms with van der Waals surface area (Å²) in [6.45, 7) is 6.59. The minimum absolute atomic E-state index is 0.146. The molecule has 0 heterocycles. The number of halogens is 1. The van der Waals surface area contributed by atoms with Gasteiger partial charge in [-0.3, -0.25) is 0 Å². The minimum atomic E-state index is -0.190. The van der Waals surface area contributed by atoms with E-state index >= 15 is 0 Å². The average Bonchev–Trinajstić information content (AvgIpc) is 2.46. The van der Waals surface area contributed by atoms with E-state index in [9.17, 15) is 4.39 Å². The predicted octanol–water partition coefficient (Wildman–Crippen LogP) is 5.26. The molecule has 110 valence electrons. The molecular weight excluding hydrogens is 261 g/mol. The maximum atomic E-state index is 13.5. The van der Waals surface area contributed by atoms with Gasteiger partial charge in [0.25, 0.3) is 0 Å². The summed E-state index contributed by atoms with van der Waals surface area (Å²) in [4.78, 5) is 0. The van der Waals surface area contributed by atoms with Gasteiger partial charge in [0.2, 0.25) is 0 Å². The van der Waals surface area contributed by atoms with Crippen molar-refractivity contribution in [2.45, 2.75) is 39.7 Å². The highest BCUT2D eigenvalue weighted by atomic mass is 19.1. The lowest BCUT2D eigenvalue weighted by Crippen LogP contribution is -2.33. The molecule has 0 fully saturated rings. The fourth-order valence-electron chi connectivity index (χ4n) is 3.24. The zero-order chi connectivity index (χ0) is 15.0. The highest BCUT2D eigenvalue weighted by Crippen LogP contribution is 2.45. The Morgan fingerprint density at radius 2 is 1.90 bits per heavy atom. The van der Waals surface area contributed by atoms with Crippen molar-refractivity contribution in [1.82, 2.24) is 0 Å². The largest absolute Gasteiger partial charge is 0.377 e. The molecule has 1 unspecified atom stereocenters. The van der Waals surface area contributed by atoms with E-state index in [0.717, 1.165) is 24.1 Å². The molecule has 0 radical (unpaired) electrons. The first-order valence-corrected chi connectivity index (χ1v) is 7.58. The van der Waals surface area contributed by atoms with Gasteiger partial charge in [0.15, 0.2) is 0 Å². The molecule has 0 aliphatic heterocycles. The van der Waals surface area contributed by atoms with Gasteiger partial charge >= 0.3 is 0 Å². The van der Waals surface area contributed by atoms with E-state index in [1.807, 2.05) is 13.0 Å². The summed E-state index contributed by atoms with van der Waals surface area (Å²) in [6, 6.07) is 13.8. The summed E-state index contributed by atoms with van der Waals surface area (Å²) < 4.78 is 13.5.